The van der Waals surface area contributed by atoms with Crippen molar-refractivity contribution in [3.8, 4) is 0 Å². The minimum atomic E-state index is -1.63. The van der Waals surface area contributed by atoms with Crippen LogP contribution in [0.25, 0.3) is 0 Å². The summed E-state index contributed by atoms with van der Waals surface area (Å²) in [5, 5.41) is 11.8. The largest absolute Gasteiger partial charge is 0.545 e. The molecular weight excluding hydrogens is 1030 g/mol. The lowest BCUT2D eigenvalue weighted by atomic mass is 10.0. The van der Waals surface area contributed by atoms with Gasteiger partial charge in [-0.1, -0.05) is 263 Å². The average Bonchev–Trinajstić information content (AvgIpc) is 3.46. The summed E-state index contributed by atoms with van der Waals surface area (Å²) in [6, 6.07) is 0. The van der Waals surface area contributed by atoms with E-state index in [1.807, 2.05) is 21.1 Å². The van der Waals surface area contributed by atoms with E-state index in [0.29, 0.717) is 17.4 Å². The molecule has 0 aromatic carbocycles. The molecule has 0 saturated carbocycles. The number of carbonyl (C=O) groups excluding carboxylic acids is 3. The SMILES string of the molecule is CC/C=C\C/C=C\C/C=C\C/C=C\C/C=C\C/C=C\C/C=C\C/C=C\C/C=C\CCCCCCCCCC(=O)OC(COC(=O)CCCCCCCCCCCCC/C=C\C/C=C\CCCCCCC)COC(OCC[N+](C)(C)C)C(=O)[O-]. The molecule has 0 aliphatic carbocycles. The number of carboxylic acids is 1. The Hall–Kier alpha value is -4.57. The Morgan fingerprint density at radius 1 is 0.373 bits per heavy atom. The molecule has 9 nitrogen and oxygen atoms in total. The van der Waals surface area contributed by atoms with E-state index in [9.17, 15) is 19.5 Å². The van der Waals surface area contributed by atoms with Gasteiger partial charge in [-0.25, -0.2) is 0 Å². The molecule has 0 fully saturated rings. The molecule has 472 valence electrons. The number of nitrogens with zero attached hydrogens (tertiary/aromatic N) is 1. The number of esters is 2. The Labute approximate surface area is 509 Å². The highest BCUT2D eigenvalue weighted by Gasteiger charge is 2.22. The predicted octanol–water partition coefficient (Wildman–Crippen LogP) is 19.2. The van der Waals surface area contributed by atoms with Crippen LogP contribution in [0.3, 0.4) is 0 Å². The first-order valence-corrected chi connectivity index (χ1v) is 33.3. The molecule has 0 radical (unpaired) electrons. The van der Waals surface area contributed by atoms with E-state index >= 15 is 0 Å². The zero-order valence-electron chi connectivity index (χ0n) is 53.8. The second kappa shape index (κ2) is 63.5. The summed E-state index contributed by atoms with van der Waals surface area (Å²) >= 11 is 0. The summed E-state index contributed by atoms with van der Waals surface area (Å²) < 4.78 is 22.7. The highest BCUT2D eigenvalue weighted by atomic mass is 16.7. The van der Waals surface area contributed by atoms with E-state index < -0.39 is 24.3 Å². The Bertz CT molecular complexity index is 1820. The van der Waals surface area contributed by atoms with Crippen molar-refractivity contribution >= 4 is 17.9 Å². The second-order valence-electron chi connectivity index (χ2n) is 23.0. The topological polar surface area (TPSA) is 111 Å². The maximum atomic E-state index is 12.9. The van der Waals surface area contributed by atoms with Crippen LogP contribution in [0, 0.1) is 0 Å². The number of hydrogen-bond acceptors (Lipinski definition) is 8. The van der Waals surface area contributed by atoms with Crippen LogP contribution in [0.5, 0.6) is 0 Å². The van der Waals surface area contributed by atoms with Crippen molar-refractivity contribution in [1.82, 2.24) is 0 Å². The van der Waals surface area contributed by atoms with Crippen molar-refractivity contribution in [3.63, 3.8) is 0 Å². The maximum absolute atomic E-state index is 12.9. The lowest BCUT2D eigenvalue weighted by Gasteiger charge is -2.26. The van der Waals surface area contributed by atoms with Crippen LogP contribution in [0.1, 0.15) is 258 Å². The first-order valence-electron chi connectivity index (χ1n) is 33.3. The molecule has 2 atom stereocenters. The first kappa shape index (κ1) is 78.4. The Morgan fingerprint density at radius 3 is 1.02 bits per heavy atom. The van der Waals surface area contributed by atoms with E-state index in [2.05, 4.69) is 148 Å². The normalized spacial score (nSPS) is 13.6. The minimum absolute atomic E-state index is 0.138. The van der Waals surface area contributed by atoms with Gasteiger partial charge in [0, 0.05) is 12.8 Å². The number of likely N-dealkylation sites (N-methyl/N-ethyl adjacent to an activating group) is 1. The third-order valence-electron chi connectivity index (χ3n) is 13.9. The average molecular weight is 1150 g/mol. The molecule has 0 rings (SSSR count). The third kappa shape index (κ3) is 64.8. The van der Waals surface area contributed by atoms with Crippen molar-refractivity contribution in [2.45, 2.75) is 270 Å². The lowest BCUT2D eigenvalue weighted by Crippen LogP contribution is -2.44. The number of carbonyl (C=O) groups is 3. The van der Waals surface area contributed by atoms with Crippen LogP contribution in [-0.4, -0.2) is 82.3 Å². The Balaban J connectivity index is 4.23. The molecule has 83 heavy (non-hydrogen) atoms. The molecule has 0 heterocycles. The molecule has 0 N–H and O–H groups in total. The molecule has 0 bridgehead atoms. The highest BCUT2D eigenvalue weighted by molar-refractivity contribution is 5.70. The fourth-order valence-electron chi connectivity index (χ4n) is 8.79. The maximum Gasteiger partial charge on any atom is 0.306 e. The smallest absolute Gasteiger partial charge is 0.306 e. The molecular formula is C74H123NO8. The molecule has 9 heteroatoms. The van der Waals surface area contributed by atoms with Crippen molar-refractivity contribution in [3.05, 3.63) is 134 Å². The number of ether oxygens (including phenoxy) is 4. The van der Waals surface area contributed by atoms with Crippen molar-refractivity contribution in [2.75, 3.05) is 47.5 Å². The van der Waals surface area contributed by atoms with Crippen molar-refractivity contribution < 1.29 is 42.9 Å². The molecule has 0 spiro atoms. The van der Waals surface area contributed by atoms with Crippen LogP contribution in [0.2, 0.25) is 0 Å². The van der Waals surface area contributed by atoms with Crippen LogP contribution in [0.15, 0.2) is 134 Å². The number of unbranched alkanes of at least 4 members (excludes halogenated alkanes) is 23. The summed E-state index contributed by atoms with van der Waals surface area (Å²) in [4.78, 5) is 37.4. The Morgan fingerprint density at radius 2 is 0.687 bits per heavy atom. The summed E-state index contributed by atoms with van der Waals surface area (Å²) in [7, 11) is 5.92. The fourth-order valence-corrected chi connectivity index (χ4v) is 8.79. The van der Waals surface area contributed by atoms with Gasteiger partial charge in [-0.15, -0.1) is 0 Å². The van der Waals surface area contributed by atoms with Crippen LogP contribution < -0.4 is 5.11 Å². The molecule has 0 aromatic rings. The van der Waals surface area contributed by atoms with Gasteiger partial charge in [0.25, 0.3) is 0 Å². The van der Waals surface area contributed by atoms with Gasteiger partial charge in [-0.05, 0) is 116 Å². The number of aliphatic carboxylic acids is 1. The van der Waals surface area contributed by atoms with Gasteiger partial charge in [-0.3, -0.25) is 9.59 Å². The summed E-state index contributed by atoms with van der Waals surface area (Å²) in [6.45, 7) is 4.61. The van der Waals surface area contributed by atoms with E-state index in [-0.39, 0.29) is 38.6 Å². The van der Waals surface area contributed by atoms with Gasteiger partial charge in [0.05, 0.1) is 40.3 Å². The van der Waals surface area contributed by atoms with Gasteiger partial charge in [0.15, 0.2) is 12.4 Å². The third-order valence-corrected chi connectivity index (χ3v) is 13.9. The second-order valence-corrected chi connectivity index (χ2v) is 23.0. The first-order chi connectivity index (χ1) is 40.6. The van der Waals surface area contributed by atoms with Gasteiger partial charge in [0.2, 0.25) is 0 Å². The number of hydrogen-bond donors (Lipinski definition) is 0. The summed E-state index contributed by atoms with van der Waals surface area (Å²) in [5.74, 6) is -2.31. The van der Waals surface area contributed by atoms with Crippen molar-refractivity contribution in [1.29, 1.82) is 0 Å². The van der Waals surface area contributed by atoms with Gasteiger partial charge in [-0.2, -0.15) is 0 Å². The zero-order chi connectivity index (χ0) is 60.5. The van der Waals surface area contributed by atoms with Gasteiger partial charge >= 0.3 is 11.9 Å². The van der Waals surface area contributed by atoms with E-state index in [0.717, 1.165) is 109 Å². The van der Waals surface area contributed by atoms with Crippen LogP contribution in [-0.2, 0) is 33.3 Å². The highest BCUT2D eigenvalue weighted by Crippen LogP contribution is 2.15. The minimum Gasteiger partial charge on any atom is -0.545 e. The van der Waals surface area contributed by atoms with E-state index in [1.165, 1.54) is 116 Å². The molecule has 0 aromatic heterocycles. The summed E-state index contributed by atoms with van der Waals surface area (Å²) in [5.41, 5.74) is 0. The standard InChI is InChI=1S/C74H123NO8/c1-6-8-10-12-14-16-18-20-22-24-26-28-30-31-32-33-34-35-36-37-38-39-40-41-43-45-47-49-51-53-55-57-59-61-63-65-72(77)83-70(69-82-74(73(78)79)80-67-66-75(3,4)5)68-81-71(76)64-62-60-58-56-54-52-50-48-46-44-42-29-27-25-23-21-19-17-15-13-11-9-7-2/h8,10,14,16,19-22,25-28,31-32,34-35,37-38,40-41,45,47,70,74H,6-7,9,11-13,15,17-18,23-24,29-30,33,36,39,42-44,46,48-69H2,1-5H3/b10-8-,16-14-,21-19-,22-20-,27-25-,28-26-,32-31-,35-34-,38-37-,41-40-,47-45-. The monoisotopic (exact) mass is 1150 g/mol. The lowest BCUT2D eigenvalue weighted by molar-refractivity contribution is -0.870. The van der Waals surface area contributed by atoms with Crippen molar-refractivity contribution in [2.24, 2.45) is 0 Å². The molecule has 0 saturated heterocycles. The summed E-state index contributed by atoms with van der Waals surface area (Å²) in [6.07, 6.45) is 88.0. The molecule has 2 unspecified atom stereocenters. The fraction of sp³-hybridized carbons (Fsp3) is 0.662. The van der Waals surface area contributed by atoms with E-state index in [4.69, 9.17) is 18.9 Å². The number of allylic oxidation sites excluding steroid dienone is 22. The molecule has 0 aliphatic rings. The number of carboxylic acid groups (broad SMARTS) is 1. The zero-order valence-corrected chi connectivity index (χ0v) is 53.8. The van der Waals surface area contributed by atoms with Crippen LogP contribution in [0.4, 0.5) is 0 Å². The van der Waals surface area contributed by atoms with E-state index in [1.54, 1.807) is 0 Å². The van der Waals surface area contributed by atoms with Gasteiger partial charge in [0.1, 0.15) is 13.2 Å². The molecule has 0 amide bonds. The Kier molecular flexibility index (Phi) is 60.0. The number of rotatable bonds is 60. The molecule has 0 aliphatic heterocycles. The van der Waals surface area contributed by atoms with Crippen LogP contribution >= 0.6 is 0 Å². The number of quaternary nitrogens is 1. The predicted molar refractivity (Wildman–Crippen MR) is 352 cm³/mol. The van der Waals surface area contributed by atoms with Gasteiger partial charge < -0.3 is 33.3 Å². The quantitative estimate of drug-likeness (QED) is 0.0195.